The zero-order valence-electron chi connectivity index (χ0n) is 18.5. The van der Waals surface area contributed by atoms with E-state index < -0.39 is 0 Å². The van der Waals surface area contributed by atoms with Crippen molar-refractivity contribution in [1.29, 1.82) is 0 Å². The predicted octanol–water partition coefficient (Wildman–Crippen LogP) is 3.03. The number of amides is 1. The highest BCUT2D eigenvalue weighted by molar-refractivity contribution is 14.0. The van der Waals surface area contributed by atoms with E-state index in [4.69, 9.17) is 0 Å². The van der Waals surface area contributed by atoms with Gasteiger partial charge in [0.05, 0.1) is 5.69 Å². The first-order chi connectivity index (χ1) is 15.1. The largest absolute Gasteiger partial charge is 0.506 e. The van der Waals surface area contributed by atoms with Gasteiger partial charge in [-0.25, -0.2) is 0 Å². The number of rotatable bonds is 5. The first-order valence-corrected chi connectivity index (χ1v) is 11.0. The molecule has 0 saturated carbocycles. The average molecular weight is 549 g/mol. The number of carbonyl (C=O) groups is 1. The summed E-state index contributed by atoms with van der Waals surface area (Å²) in [7, 11) is 1.81. The van der Waals surface area contributed by atoms with Crippen molar-refractivity contribution < 1.29 is 9.90 Å². The van der Waals surface area contributed by atoms with Gasteiger partial charge < -0.3 is 25.1 Å². The Morgan fingerprint density at radius 3 is 2.47 bits per heavy atom. The number of para-hydroxylation sites is 2. The monoisotopic (exact) mass is 549 g/mol. The van der Waals surface area contributed by atoms with Gasteiger partial charge in [0.1, 0.15) is 5.75 Å². The SMILES string of the molecule is CN=C(NCc1cccc(CN2CCCC2=O)c1)N1CCN(c2ccccc2O)CC1.I. The summed E-state index contributed by atoms with van der Waals surface area (Å²) < 4.78 is 0. The second-order valence-corrected chi connectivity index (χ2v) is 8.10. The number of carbonyl (C=O) groups excluding carboxylic acids is 1. The Bertz CT molecular complexity index is 943. The average Bonchev–Trinajstić information content (AvgIpc) is 3.19. The molecule has 2 aromatic carbocycles. The quantitative estimate of drug-likeness (QED) is 0.341. The first kappa shape index (κ1) is 24.2. The molecule has 2 aliphatic heterocycles. The zero-order chi connectivity index (χ0) is 21.6. The molecule has 172 valence electrons. The summed E-state index contributed by atoms with van der Waals surface area (Å²) in [6.07, 6.45) is 1.64. The fourth-order valence-corrected chi connectivity index (χ4v) is 4.33. The highest BCUT2D eigenvalue weighted by atomic mass is 127. The molecule has 2 aliphatic rings. The van der Waals surface area contributed by atoms with Gasteiger partial charge in [-0.05, 0) is 29.7 Å². The molecule has 4 rings (SSSR count). The summed E-state index contributed by atoms with van der Waals surface area (Å²) in [6, 6.07) is 15.9. The van der Waals surface area contributed by atoms with Crippen LogP contribution in [0.1, 0.15) is 24.0 Å². The van der Waals surface area contributed by atoms with Gasteiger partial charge >= 0.3 is 0 Å². The summed E-state index contributed by atoms with van der Waals surface area (Å²) in [4.78, 5) is 22.8. The third-order valence-corrected chi connectivity index (χ3v) is 6.00. The van der Waals surface area contributed by atoms with Crippen molar-refractivity contribution >= 4 is 41.5 Å². The van der Waals surface area contributed by atoms with Crippen LogP contribution in [0, 0.1) is 0 Å². The van der Waals surface area contributed by atoms with Gasteiger partial charge in [0.2, 0.25) is 5.91 Å². The van der Waals surface area contributed by atoms with Crippen LogP contribution in [0.15, 0.2) is 53.5 Å². The van der Waals surface area contributed by atoms with Gasteiger partial charge in [-0.15, -0.1) is 24.0 Å². The zero-order valence-corrected chi connectivity index (χ0v) is 20.9. The molecule has 0 aromatic heterocycles. The van der Waals surface area contributed by atoms with E-state index in [1.807, 2.05) is 30.1 Å². The van der Waals surface area contributed by atoms with Gasteiger partial charge in [-0.3, -0.25) is 9.79 Å². The molecule has 2 saturated heterocycles. The van der Waals surface area contributed by atoms with Gasteiger partial charge in [0.15, 0.2) is 5.96 Å². The fraction of sp³-hybridized carbons (Fsp3) is 0.417. The molecule has 7 nitrogen and oxygen atoms in total. The van der Waals surface area contributed by atoms with Crippen LogP contribution in [0.5, 0.6) is 5.75 Å². The lowest BCUT2D eigenvalue weighted by atomic mass is 10.1. The van der Waals surface area contributed by atoms with Gasteiger partial charge in [0.25, 0.3) is 0 Å². The van der Waals surface area contributed by atoms with Crippen LogP contribution in [0.3, 0.4) is 0 Å². The Kier molecular flexibility index (Phi) is 8.60. The number of anilines is 1. The molecule has 0 spiro atoms. The number of halogens is 1. The molecule has 2 heterocycles. The second-order valence-electron chi connectivity index (χ2n) is 8.10. The number of likely N-dealkylation sites (tertiary alicyclic amines) is 1. The number of hydrogen-bond donors (Lipinski definition) is 2. The number of nitrogens with one attached hydrogen (secondary N) is 1. The highest BCUT2D eigenvalue weighted by Gasteiger charge is 2.22. The number of nitrogens with zero attached hydrogens (tertiary/aromatic N) is 4. The fourth-order valence-electron chi connectivity index (χ4n) is 4.33. The summed E-state index contributed by atoms with van der Waals surface area (Å²) in [5.41, 5.74) is 3.23. The first-order valence-electron chi connectivity index (χ1n) is 11.0. The summed E-state index contributed by atoms with van der Waals surface area (Å²) in [6.45, 7) is 5.58. The maximum absolute atomic E-state index is 11.9. The molecule has 0 unspecified atom stereocenters. The van der Waals surface area contributed by atoms with Gasteiger partial charge in [-0.1, -0.05) is 36.4 Å². The lowest BCUT2D eigenvalue weighted by Crippen LogP contribution is -2.52. The van der Waals surface area contributed by atoms with E-state index in [-0.39, 0.29) is 29.9 Å². The number of aromatic hydroxyl groups is 1. The summed E-state index contributed by atoms with van der Waals surface area (Å²) >= 11 is 0. The molecule has 2 aromatic rings. The van der Waals surface area contributed by atoms with Crippen LogP contribution in [-0.2, 0) is 17.9 Å². The standard InChI is InChI=1S/C24H31N5O2.HI/c1-25-24(28-14-12-27(13-15-28)21-8-2-3-9-22(21)30)26-17-19-6-4-7-20(16-19)18-29-11-5-10-23(29)31;/h2-4,6-9,16,30H,5,10-15,17-18H2,1H3,(H,25,26);1H. The molecule has 0 radical (unpaired) electrons. The van der Waals surface area contributed by atoms with Crippen LogP contribution in [0.2, 0.25) is 0 Å². The number of piperazine rings is 1. The molecule has 2 fully saturated rings. The Balaban J connectivity index is 0.00000289. The minimum atomic E-state index is 0. The van der Waals surface area contributed by atoms with Crippen molar-refractivity contribution in [2.24, 2.45) is 4.99 Å². The molecule has 32 heavy (non-hydrogen) atoms. The number of benzene rings is 2. The number of hydrogen-bond acceptors (Lipinski definition) is 4. The van der Waals surface area contributed by atoms with Crippen LogP contribution in [-0.4, -0.2) is 66.5 Å². The third kappa shape index (κ3) is 5.85. The summed E-state index contributed by atoms with van der Waals surface area (Å²) in [5, 5.41) is 13.6. The minimum Gasteiger partial charge on any atom is -0.506 e. The van der Waals surface area contributed by atoms with Crippen molar-refractivity contribution in [3.05, 3.63) is 59.7 Å². The van der Waals surface area contributed by atoms with Crippen molar-refractivity contribution in [3.8, 4) is 5.75 Å². The van der Waals surface area contributed by atoms with Crippen molar-refractivity contribution in [2.75, 3.05) is 44.7 Å². The predicted molar refractivity (Wildman–Crippen MR) is 139 cm³/mol. The van der Waals surface area contributed by atoms with E-state index in [2.05, 4.69) is 44.4 Å². The van der Waals surface area contributed by atoms with Gasteiger partial charge in [0, 0.05) is 59.3 Å². The van der Waals surface area contributed by atoms with Crippen molar-refractivity contribution in [3.63, 3.8) is 0 Å². The lowest BCUT2D eigenvalue weighted by molar-refractivity contribution is -0.128. The number of phenolic OH excluding ortho intramolecular Hbond substituents is 1. The van der Waals surface area contributed by atoms with Crippen LogP contribution < -0.4 is 10.2 Å². The van der Waals surface area contributed by atoms with E-state index in [0.29, 0.717) is 25.3 Å². The number of guanidine groups is 1. The minimum absolute atomic E-state index is 0. The van der Waals surface area contributed by atoms with Crippen molar-refractivity contribution in [1.82, 2.24) is 15.1 Å². The summed E-state index contributed by atoms with van der Waals surface area (Å²) in [5.74, 6) is 1.47. The second kappa shape index (κ2) is 11.4. The third-order valence-electron chi connectivity index (χ3n) is 6.00. The Morgan fingerprint density at radius 2 is 1.78 bits per heavy atom. The molecule has 8 heteroatoms. The van der Waals surface area contributed by atoms with E-state index >= 15 is 0 Å². The van der Waals surface area contributed by atoms with E-state index in [9.17, 15) is 9.90 Å². The van der Waals surface area contributed by atoms with Crippen LogP contribution in [0.4, 0.5) is 5.69 Å². The lowest BCUT2D eigenvalue weighted by Gasteiger charge is -2.37. The maximum atomic E-state index is 11.9. The molecular weight excluding hydrogens is 517 g/mol. The Labute approximate surface area is 207 Å². The normalized spacial score (nSPS) is 16.8. The molecular formula is C24H32IN5O2. The van der Waals surface area contributed by atoms with Gasteiger partial charge in [-0.2, -0.15) is 0 Å². The van der Waals surface area contributed by atoms with E-state index in [1.165, 1.54) is 11.1 Å². The van der Waals surface area contributed by atoms with E-state index in [1.54, 1.807) is 6.07 Å². The van der Waals surface area contributed by atoms with Crippen LogP contribution >= 0.6 is 24.0 Å². The number of aliphatic imine (C=N–C) groups is 1. The van der Waals surface area contributed by atoms with E-state index in [0.717, 1.165) is 50.8 Å². The smallest absolute Gasteiger partial charge is 0.222 e. The molecule has 0 bridgehead atoms. The highest BCUT2D eigenvalue weighted by Crippen LogP contribution is 2.27. The Hall–Kier alpha value is -2.49. The Morgan fingerprint density at radius 1 is 1.03 bits per heavy atom. The topological polar surface area (TPSA) is 71.4 Å². The maximum Gasteiger partial charge on any atom is 0.222 e. The molecule has 2 N–H and O–H groups in total. The molecule has 0 atom stereocenters. The molecule has 1 amide bonds. The molecule has 0 aliphatic carbocycles. The van der Waals surface area contributed by atoms with Crippen molar-refractivity contribution in [2.45, 2.75) is 25.9 Å². The number of phenols is 1. The van der Waals surface area contributed by atoms with Crippen LogP contribution in [0.25, 0.3) is 0 Å².